The normalized spacial score (nSPS) is 13.0. The van der Waals surface area contributed by atoms with Crippen LogP contribution in [0.1, 0.15) is 51.8 Å². The lowest BCUT2D eigenvalue weighted by Gasteiger charge is -2.32. The Bertz CT molecular complexity index is 964. The molecule has 8 nitrogen and oxygen atoms in total. The van der Waals surface area contributed by atoms with Gasteiger partial charge >= 0.3 is 6.09 Å². The predicted molar refractivity (Wildman–Crippen MR) is 130 cm³/mol. The highest BCUT2D eigenvalue weighted by molar-refractivity contribution is 5.92. The van der Waals surface area contributed by atoms with Crippen molar-refractivity contribution >= 4 is 17.9 Å². The molecule has 0 saturated heterocycles. The average Bonchev–Trinajstić information content (AvgIpc) is 2.73. The number of amides is 3. The van der Waals surface area contributed by atoms with Crippen LogP contribution in [0, 0.1) is 0 Å². The first-order valence-corrected chi connectivity index (χ1v) is 11.3. The van der Waals surface area contributed by atoms with E-state index in [2.05, 4.69) is 10.6 Å². The molecule has 2 aromatic carbocycles. The monoisotopic (exact) mass is 469 g/mol. The summed E-state index contributed by atoms with van der Waals surface area (Å²) in [5.41, 5.74) is 0.642. The standard InChI is InChI=1S/C26H35N3O5/c1-17(2)27-23(31)22(19-12-14-20(30)15-13-19)29(6)24(32)21(16-18-10-8-7-9-11-18)28-25(33)34-26(3,4)5/h7-15,17,21-22,30H,16H2,1-6H3,(H,27,31)(H,28,33). The second-order valence-corrected chi connectivity index (χ2v) is 9.50. The maximum Gasteiger partial charge on any atom is 0.408 e. The van der Waals surface area contributed by atoms with E-state index in [4.69, 9.17) is 4.74 Å². The van der Waals surface area contributed by atoms with Crippen LogP contribution in [-0.4, -0.2) is 52.6 Å². The quantitative estimate of drug-likeness (QED) is 0.548. The molecule has 0 bridgehead atoms. The zero-order valence-electron chi connectivity index (χ0n) is 20.7. The summed E-state index contributed by atoms with van der Waals surface area (Å²) in [5, 5.41) is 15.2. The van der Waals surface area contributed by atoms with Gasteiger partial charge in [0.05, 0.1) is 0 Å². The highest BCUT2D eigenvalue weighted by atomic mass is 16.6. The van der Waals surface area contributed by atoms with Crippen molar-refractivity contribution in [3.63, 3.8) is 0 Å². The minimum Gasteiger partial charge on any atom is -0.508 e. The largest absolute Gasteiger partial charge is 0.508 e. The van der Waals surface area contributed by atoms with Crippen molar-refractivity contribution in [1.29, 1.82) is 0 Å². The first-order valence-electron chi connectivity index (χ1n) is 11.3. The predicted octanol–water partition coefficient (Wildman–Crippen LogP) is 3.55. The summed E-state index contributed by atoms with van der Waals surface area (Å²) in [7, 11) is 1.52. The zero-order valence-corrected chi connectivity index (χ0v) is 20.7. The third-order valence-electron chi connectivity index (χ3n) is 4.89. The number of benzene rings is 2. The Kier molecular flexibility index (Phi) is 9.06. The number of likely N-dealkylation sites (N-methyl/N-ethyl adjacent to an activating group) is 1. The number of phenolic OH excluding ortho intramolecular Hbond substituents is 1. The molecule has 3 amide bonds. The molecule has 2 aromatic rings. The molecule has 0 fully saturated rings. The van der Waals surface area contributed by atoms with E-state index in [1.54, 1.807) is 32.9 Å². The lowest BCUT2D eigenvalue weighted by Crippen LogP contribution is -2.53. The molecule has 3 N–H and O–H groups in total. The first-order chi connectivity index (χ1) is 15.9. The van der Waals surface area contributed by atoms with E-state index in [0.717, 1.165) is 5.56 Å². The zero-order chi connectivity index (χ0) is 25.5. The highest BCUT2D eigenvalue weighted by Crippen LogP contribution is 2.24. The van der Waals surface area contributed by atoms with Gasteiger partial charge < -0.3 is 25.4 Å². The van der Waals surface area contributed by atoms with Crippen LogP contribution in [0.3, 0.4) is 0 Å². The van der Waals surface area contributed by atoms with Crippen molar-refractivity contribution < 1.29 is 24.2 Å². The van der Waals surface area contributed by atoms with E-state index >= 15 is 0 Å². The molecule has 34 heavy (non-hydrogen) atoms. The van der Waals surface area contributed by atoms with Gasteiger partial charge in [-0.2, -0.15) is 0 Å². The van der Waals surface area contributed by atoms with Gasteiger partial charge in [0.15, 0.2) is 0 Å². The summed E-state index contributed by atoms with van der Waals surface area (Å²) in [6, 6.07) is 13.3. The van der Waals surface area contributed by atoms with Crippen LogP contribution in [0.2, 0.25) is 0 Å². The summed E-state index contributed by atoms with van der Waals surface area (Å²) in [5.74, 6) is -0.770. The van der Waals surface area contributed by atoms with Gasteiger partial charge in [0.25, 0.3) is 0 Å². The van der Waals surface area contributed by atoms with E-state index in [0.29, 0.717) is 5.56 Å². The number of rotatable bonds is 8. The Balaban J connectivity index is 2.38. The maximum atomic E-state index is 13.6. The Morgan fingerprint density at radius 3 is 2.09 bits per heavy atom. The van der Waals surface area contributed by atoms with Gasteiger partial charge in [-0.25, -0.2) is 4.79 Å². The summed E-state index contributed by atoms with van der Waals surface area (Å²) in [4.78, 5) is 40.6. The maximum absolute atomic E-state index is 13.6. The molecule has 0 radical (unpaired) electrons. The minimum absolute atomic E-state index is 0.0503. The van der Waals surface area contributed by atoms with Crippen LogP contribution in [0.25, 0.3) is 0 Å². The number of nitrogens with one attached hydrogen (secondary N) is 2. The highest BCUT2D eigenvalue weighted by Gasteiger charge is 2.34. The topological polar surface area (TPSA) is 108 Å². The number of nitrogens with zero attached hydrogens (tertiary/aromatic N) is 1. The summed E-state index contributed by atoms with van der Waals surface area (Å²) < 4.78 is 5.37. The van der Waals surface area contributed by atoms with Crippen LogP contribution in [0.4, 0.5) is 4.79 Å². The number of alkyl carbamates (subject to hydrolysis) is 1. The third kappa shape index (κ3) is 8.10. The molecule has 2 rings (SSSR count). The summed E-state index contributed by atoms with van der Waals surface area (Å²) >= 11 is 0. The summed E-state index contributed by atoms with van der Waals surface area (Å²) in [6.07, 6.45) is -0.500. The number of aromatic hydroxyl groups is 1. The Morgan fingerprint density at radius 1 is 0.971 bits per heavy atom. The van der Waals surface area contributed by atoms with Crippen LogP contribution in [-0.2, 0) is 20.7 Å². The molecule has 0 aromatic heterocycles. The van der Waals surface area contributed by atoms with Gasteiger partial charge in [-0.05, 0) is 57.9 Å². The number of hydrogen-bond acceptors (Lipinski definition) is 5. The number of carbonyl (C=O) groups is 3. The van der Waals surface area contributed by atoms with Crippen LogP contribution in [0.15, 0.2) is 54.6 Å². The van der Waals surface area contributed by atoms with Crippen molar-refractivity contribution in [2.24, 2.45) is 0 Å². The SMILES string of the molecule is CC(C)NC(=O)C(c1ccc(O)cc1)N(C)C(=O)C(Cc1ccccc1)NC(=O)OC(C)(C)C. The molecule has 2 unspecified atom stereocenters. The van der Waals surface area contributed by atoms with Gasteiger partial charge in [-0.15, -0.1) is 0 Å². The third-order valence-corrected chi connectivity index (χ3v) is 4.89. The van der Waals surface area contributed by atoms with E-state index in [9.17, 15) is 19.5 Å². The molecule has 2 atom stereocenters. The molecule has 184 valence electrons. The van der Waals surface area contributed by atoms with Crippen molar-refractivity contribution in [2.75, 3.05) is 7.05 Å². The van der Waals surface area contributed by atoms with Crippen molar-refractivity contribution in [3.05, 3.63) is 65.7 Å². The number of phenols is 1. The lowest BCUT2D eigenvalue weighted by atomic mass is 10.0. The van der Waals surface area contributed by atoms with Gasteiger partial charge in [0.1, 0.15) is 23.4 Å². The van der Waals surface area contributed by atoms with Crippen LogP contribution >= 0.6 is 0 Å². The van der Waals surface area contributed by atoms with Gasteiger partial charge in [-0.1, -0.05) is 42.5 Å². The average molecular weight is 470 g/mol. The second kappa shape index (κ2) is 11.5. The van der Waals surface area contributed by atoms with E-state index in [-0.39, 0.29) is 24.1 Å². The second-order valence-electron chi connectivity index (χ2n) is 9.50. The summed E-state index contributed by atoms with van der Waals surface area (Å²) in [6.45, 7) is 8.88. The van der Waals surface area contributed by atoms with E-state index in [1.807, 2.05) is 44.2 Å². The fourth-order valence-electron chi connectivity index (χ4n) is 3.44. The van der Waals surface area contributed by atoms with Crippen molar-refractivity contribution in [2.45, 2.75) is 64.8 Å². The van der Waals surface area contributed by atoms with Gasteiger partial charge in [0.2, 0.25) is 11.8 Å². The molecule has 0 heterocycles. The Labute approximate surface area is 201 Å². The molecule has 0 spiro atoms. The number of ether oxygens (including phenoxy) is 1. The molecule has 0 aliphatic heterocycles. The van der Waals surface area contributed by atoms with Crippen LogP contribution in [0.5, 0.6) is 5.75 Å². The molecular weight excluding hydrogens is 434 g/mol. The molecule has 0 aliphatic carbocycles. The molecule has 0 aliphatic rings. The Hall–Kier alpha value is -3.55. The van der Waals surface area contributed by atoms with Gasteiger partial charge in [0, 0.05) is 19.5 Å². The number of hydrogen-bond donors (Lipinski definition) is 3. The van der Waals surface area contributed by atoms with Crippen molar-refractivity contribution in [3.8, 4) is 5.75 Å². The molecular formula is C26H35N3O5. The molecule has 8 heteroatoms. The fourth-order valence-corrected chi connectivity index (χ4v) is 3.44. The Morgan fingerprint density at radius 2 is 1.56 bits per heavy atom. The lowest BCUT2D eigenvalue weighted by molar-refractivity contribution is -0.141. The fraction of sp³-hybridized carbons (Fsp3) is 0.423. The van der Waals surface area contributed by atoms with Gasteiger partial charge in [-0.3, -0.25) is 9.59 Å². The first kappa shape index (κ1) is 26.7. The van der Waals surface area contributed by atoms with Crippen LogP contribution < -0.4 is 10.6 Å². The van der Waals surface area contributed by atoms with E-state index in [1.165, 1.54) is 24.1 Å². The van der Waals surface area contributed by atoms with Crippen molar-refractivity contribution in [1.82, 2.24) is 15.5 Å². The smallest absolute Gasteiger partial charge is 0.408 e. The minimum atomic E-state index is -0.964. The molecule has 0 saturated carbocycles. The van der Waals surface area contributed by atoms with E-state index < -0.39 is 29.7 Å². The number of carbonyl (C=O) groups excluding carboxylic acids is 3.